The van der Waals surface area contributed by atoms with Crippen molar-refractivity contribution in [3.05, 3.63) is 28.8 Å². The topological polar surface area (TPSA) is 51.8 Å². The number of rotatable bonds is 3. The van der Waals surface area contributed by atoms with E-state index in [4.69, 9.17) is 5.73 Å². The Balaban J connectivity index is 2.42. The highest BCUT2D eigenvalue weighted by Gasteiger charge is 2.10. The highest BCUT2D eigenvalue weighted by Crippen LogP contribution is 2.27. The number of hydrogen-bond donors (Lipinski definition) is 1. The molecule has 3 nitrogen and oxygen atoms in total. The van der Waals surface area contributed by atoms with Crippen molar-refractivity contribution < 1.29 is 0 Å². The number of thiophene rings is 1. The van der Waals surface area contributed by atoms with E-state index >= 15 is 0 Å². The van der Waals surface area contributed by atoms with Gasteiger partial charge in [0.05, 0.1) is 4.88 Å². The summed E-state index contributed by atoms with van der Waals surface area (Å²) >= 11 is 1.66. The molecule has 2 heterocycles. The molecule has 2 aromatic heterocycles. The fourth-order valence-corrected chi connectivity index (χ4v) is 2.60. The summed E-state index contributed by atoms with van der Waals surface area (Å²) in [5.74, 6) is 1.88. The molecule has 90 valence electrons. The van der Waals surface area contributed by atoms with Crippen molar-refractivity contribution in [2.75, 3.05) is 5.73 Å². The summed E-state index contributed by atoms with van der Waals surface area (Å²) in [6.07, 6.45) is 0.935. The molecule has 0 spiro atoms. The molecular formula is C13H17N3S. The Morgan fingerprint density at radius 3 is 2.71 bits per heavy atom. The van der Waals surface area contributed by atoms with E-state index < -0.39 is 0 Å². The molecule has 0 aliphatic carbocycles. The van der Waals surface area contributed by atoms with Gasteiger partial charge in [0.25, 0.3) is 0 Å². The predicted molar refractivity (Wildman–Crippen MR) is 73.0 cm³/mol. The van der Waals surface area contributed by atoms with Crippen LogP contribution in [0.15, 0.2) is 17.5 Å². The fraction of sp³-hybridized carbons (Fsp3) is 0.385. The number of hydrogen-bond acceptors (Lipinski definition) is 4. The molecular weight excluding hydrogens is 230 g/mol. The highest BCUT2D eigenvalue weighted by molar-refractivity contribution is 7.13. The van der Waals surface area contributed by atoms with Crippen LogP contribution in [0.5, 0.6) is 0 Å². The maximum atomic E-state index is 5.84. The van der Waals surface area contributed by atoms with Gasteiger partial charge < -0.3 is 5.73 Å². The van der Waals surface area contributed by atoms with Gasteiger partial charge in [-0.1, -0.05) is 13.8 Å². The van der Waals surface area contributed by atoms with E-state index in [9.17, 15) is 0 Å². The van der Waals surface area contributed by atoms with Crippen LogP contribution in [0.3, 0.4) is 0 Å². The second-order valence-electron chi connectivity index (χ2n) is 4.64. The van der Waals surface area contributed by atoms with Crippen LogP contribution in [-0.4, -0.2) is 9.97 Å². The van der Waals surface area contributed by atoms with E-state index in [1.165, 1.54) is 5.56 Å². The Morgan fingerprint density at radius 1 is 1.35 bits per heavy atom. The highest BCUT2D eigenvalue weighted by atomic mass is 32.1. The second-order valence-corrected chi connectivity index (χ2v) is 5.55. The molecule has 0 saturated heterocycles. The van der Waals surface area contributed by atoms with Gasteiger partial charge in [0, 0.05) is 11.8 Å². The molecule has 0 amide bonds. The van der Waals surface area contributed by atoms with Crippen LogP contribution in [0.4, 0.5) is 5.82 Å². The summed E-state index contributed by atoms with van der Waals surface area (Å²) < 4.78 is 0. The van der Waals surface area contributed by atoms with E-state index in [0.717, 1.165) is 22.8 Å². The van der Waals surface area contributed by atoms with Gasteiger partial charge in [-0.05, 0) is 36.3 Å². The molecule has 2 aromatic rings. The fourth-order valence-electron chi connectivity index (χ4n) is 1.74. The number of aryl methyl sites for hydroxylation is 1. The summed E-state index contributed by atoms with van der Waals surface area (Å²) in [5, 5.41) is 2.05. The van der Waals surface area contributed by atoms with Crippen LogP contribution in [0.25, 0.3) is 10.7 Å². The van der Waals surface area contributed by atoms with Crippen LogP contribution in [0.2, 0.25) is 0 Å². The first-order chi connectivity index (χ1) is 8.06. The number of nitrogens with zero attached hydrogens (tertiary/aromatic N) is 2. The predicted octanol–water partition coefficient (Wildman–Crippen LogP) is 3.29. The van der Waals surface area contributed by atoms with Crippen LogP contribution in [0, 0.1) is 12.8 Å². The van der Waals surface area contributed by atoms with Crippen molar-refractivity contribution in [2.24, 2.45) is 5.92 Å². The Labute approximate surface area is 106 Å². The van der Waals surface area contributed by atoms with Crippen molar-refractivity contribution in [1.82, 2.24) is 9.97 Å². The summed E-state index contributed by atoms with van der Waals surface area (Å²) in [6, 6.07) is 3.95. The van der Waals surface area contributed by atoms with Crippen LogP contribution in [0.1, 0.15) is 25.1 Å². The third kappa shape index (κ3) is 2.82. The number of anilines is 1. The van der Waals surface area contributed by atoms with Crippen molar-refractivity contribution in [3.8, 4) is 10.7 Å². The first kappa shape index (κ1) is 12.0. The molecule has 17 heavy (non-hydrogen) atoms. The molecule has 4 heteroatoms. The lowest BCUT2D eigenvalue weighted by Crippen LogP contribution is -2.03. The SMILES string of the molecule is Cc1ccsc1-c1nc(N)cc(CC(C)C)n1. The lowest BCUT2D eigenvalue weighted by Gasteiger charge is -2.07. The zero-order valence-corrected chi connectivity index (χ0v) is 11.2. The molecule has 0 bridgehead atoms. The van der Waals surface area contributed by atoms with Gasteiger partial charge in [-0.25, -0.2) is 9.97 Å². The van der Waals surface area contributed by atoms with Gasteiger partial charge in [0.1, 0.15) is 5.82 Å². The maximum Gasteiger partial charge on any atom is 0.172 e. The zero-order valence-electron chi connectivity index (χ0n) is 10.4. The molecule has 0 radical (unpaired) electrons. The van der Waals surface area contributed by atoms with E-state index in [1.54, 1.807) is 11.3 Å². The molecule has 2 N–H and O–H groups in total. The normalized spacial score (nSPS) is 11.1. The summed E-state index contributed by atoms with van der Waals surface area (Å²) in [7, 11) is 0. The van der Waals surface area contributed by atoms with Crippen LogP contribution in [-0.2, 0) is 6.42 Å². The third-order valence-corrected chi connectivity index (χ3v) is 3.49. The molecule has 0 fully saturated rings. The average Bonchev–Trinajstić information content (AvgIpc) is 2.62. The zero-order chi connectivity index (χ0) is 12.4. The van der Waals surface area contributed by atoms with Crippen molar-refractivity contribution in [1.29, 1.82) is 0 Å². The minimum atomic E-state index is 0.554. The van der Waals surface area contributed by atoms with Gasteiger partial charge >= 0.3 is 0 Å². The summed E-state index contributed by atoms with van der Waals surface area (Å²) in [4.78, 5) is 10.0. The minimum Gasteiger partial charge on any atom is -0.384 e. The van der Waals surface area contributed by atoms with Crippen LogP contribution < -0.4 is 5.73 Å². The Hall–Kier alpha value is -1.42. The standard InChI is InChI=1S/C13H17N3S/c1-8(2)6-10-7-11(14)16-13(15-10)12-9(3)4-5-17-12/h4-5,7-8H,6H2,1-3H3,(H2,14,15,16). The van der Waals surface area contributed by atoms with Gasteiger partial charge in [-0.2, -0.15) is 0 Å². The van der Waals surface area contributed by atoms with Crippen molar-refractivity contribution in [3.63, 3.8) is 0 Å². The number of aromatic nitrogens is 2. The summed E-state index contributed by atoms with van der Waals surface area (Å²) in [5.41, 5.74) is 8.07. The van der Waals surface area contributed by atoms with Crippen LogP contribution >= 0.6 is 11.3 Å². The molecule has 0 aliphatic heterocycles. The minimum absolute atomic E-state index is 0.554. The lowest BCUT2D eigenvalue weighted by molar-refractivity contribution is 0.635. The molecule has 2 rings (SSSR count). The van der Waals surface area contributed by atoms with Crippen molar-refractivity contribution in [2.45, 2.75) is 27.2 Å². The van der Waals surface area contributed by atoms with Gasteiger partial charge in [-0.3, -0.25) is 0 Å². The first-order valence-electron chi connectivity index (χ1n) is 5.74. The molecule has 0 aliphatic rings. The Morgan fingerprint density at radius 2 is 2.12 bits per heavy atom. The second kappa shape index (κ2) is 4.84. The monoisotopic (exact) mass is 247 g/mol. The van der Waals surface area contributed by atoms with Gasteiger partial charge in [0.15, 0.2) is 5.82 Å². The Kier molecular flexibility index (Phi) is 3.43. The lowest BCUT2D eigenvalue weighted by atomic mass is 10.1. The smallest absolute Gasteiger partial charge is 0.172 e. The quantitative estimate of drug-likeness (QED) is 0.905. The molecule has 0 atom stereocenters. The van der Waals surface area contributed by atoms with Gasteiger partial charge in [-0.15, -0.1) is 11.3 Å². The molecule has 0 unspecified atom stereocenters. The third-order valence-electron chi connectivity index (χ3n) is 2.48. The Bertz CT molecular complexity index is 517. The van der Waals surface area contributed by atoms with E-state index in [1.807, 2.05) is 6.07 Å². The molecule has 0 saturated carbocycles. The van der Waals surface area contributed by atoms with Crippen molar-refractivity contribution >= 4 is 17.2 Å². The number of nitrogens with two attached hydrogens (primary N) is 1. The first-order valence-corrected chi connectivity index (χ1v) is 6.62. The molecule has 0 aromatic carbocycles. The maximum absolute atomic E-state index is 5.84. The largest absolute Gasteiger partial charge is 0.384 e. The van der Waals surface area contributed by atoms with Gasteiger partial charge in [0.2, 0.25) is 0 Å². The van der Waals surface area contributed by atoms with E-state index in [0.29, 0.717) is 11.7 Å². The average molecular weight is 247 g/mol. The summed E-state index contributed by atoms with van der Waals surface area (Å²) in [6.45, 7) is 6.42. The van der Waals surface area contributed by atoms with E-state index in [-0.39, 0.29) is 0 Å². The number of nitrogen functional groups attached to an aromatic ring is 1. The van der Waals surface area contributed by atoms with E-state index in [2.05, 4.69) is 42.2 Å².